The number of ether oxygens (including phenoxy) is 1. The van der Waals surface area contributed by atoms with Gasteiger partial charge in [0.2, 0.25) is 5.91 Å². The molecule has 0 unspecified atom stereocenters. The molecule has 0 saturated carbocycles. The third-order valence-corrected chi connectivity index (χ3v) is 6.70. The number of hydrogen-bond acceptors (Lipinski definition) is 6. The Morgan fingerprint density at radius 3 is 2.58 bits per heavy atom. The van der Waals surface area contributed by atoms with Crippen molar-refractivity contribution in [2.45, 2.75) is 32.9 Å². The lowest BCUT2D eigenvalue weighted by molar-refractivity contribution is -0.188. The first-order valence-electron chi connectivity index (χ1n) is 12.2. The summed E-state index contributed by atoms with van der Waals surface area (Å²) in [6.07, 6.45) is 0.933. The Labute approximate surface area is 209 Å². The zero-order chi connectivity index (χ0) is 25.3. The molecule has 1 aromatic heterocycles. The maximum Gasteiger partial charge on any atom is 0.351 e. The zero-order valence-corrected chi connectivity index (χ0v) is 20.6. The van der Waals surface area contributed by atoms with Crippen LogP contribution in [0.1, 0.15) is 25.0 Å². The molecule has 0 bridgehead atoms. The molecule has 2 aromatic carbocycles. The van der Waals surface area contributed by atoms with Crippen LogP contribution in [-0.4, -0.2) is 64.0 Å². The van der Waals surface area contributed by atoms with Crippen LogP contribution >= 0.6 is 0 Å². The molecule has 1 N–H and O–H groups in total. The predicted molar refractivity (Wildman–Crippen MR) is 135 cm³/mol. The molecule has 0 atom stereocenters. The van der Waals surface area contributed by atoms with Crippen molar-refractivity contribution in [2.75, 3.05) is 32.8 Å². The highest BCUT2D eigenvalue weighted by Crippen LogP contribution is 2.37. The molecule has 2 aliphatic rings. The molecule has 0 aliphatic carbocycles. The van der Waals surface area contributed by atoms with E-state index < -0.39 is 5.69 Å². The van der Waals surface area contributed by atoms with Gasteiger partial charge in [0.1, 0.15) is 6.54 Å². The van der Waals surface area contributed by atoms with Crippen molar-refractivity contribution in [3.63, 3.8) is 0 Å². The predicted octanol–water partition coefficient (Wildman–Crippen LogP) is 1.97. The number of benzene rings is 2. The van der Waals surface area contributed by atoms with Crippen molar-refractivity contribution in [3.8, 4) is 23.1 Å². The minimum absolute atomic E-state index is 0.0509. The second kappa shape index (κ2) is 9.72. The summed E-state index contributed by atoms with van der Waals surface area (Å²) >= 11 is 0. The first-order chi connectivity index (χ1) is 17.4. The molecular weight excluding hydrogens is 456 g/mol. The Hall–Kier alpha value is -3.74. The van der Waals surface area contributed by atoms with Crippen molar-refractivity contribution < 1.29 is 9.53 Å². The summed E-state index contributed by atoms with van der Waals surface area (Å²) in [4.78, 5) is 28.4. The number of carbonyl (C=O) groups excluding carboxylic acids is 1. The summed E-state index contributed by atoms with van der Waals surface area (Å²) in [6, 6.07) is 16.7. The quantitative estimate of drug-likeness (QED) is 0.522. The highest BCUT2D eigenvalue weighted by atomic mass is 16.5. The highest BCUT2D eigenvalue weighted by Gasteiger charge is 2.48. The summed E-state index contributed by atoms with van der Waals surface area (Å²) in [5.74, 6) is 0.0627. The number of carbonyl (C=O) groups is 1. The molecule has 2 saturated heterocycles. The van der Waals surface area contributed by atoms with Gasteiger partial charge < -0.3 is 15.0 Å². The molecule has 1 spiro atoms. The van der Waals surface area contributed by atoms with E-state index in [4.69, 9.17) is 4.74 Å². The SMILES string of the molecule is CC(C)NC(=O)Cn1c(-c2cccc(C#N)c2)nn(-c2ccc(CCN3CC4(COC4)C3)cc2)c1=O. The minimum Gasteiger partial charge on any atom is -0.380 e. The maximum atomic E-state index is 13.4. The average molecular weight is 487 g/mol. The number of nitrogens with zero attached hydrogens (tertiary/aromatic N) is 5. The van der Waals surface area contributed by atoms with E-state index in [0.717, 1.165) is 39.3 Å². The molecule has 3 aromatic rings. The van der Waals surface area contributed by atoms with Crippen LogP contribution in [0.5, 0.6) is 0 Å². The fraction of sp³-hybridized carbons (Fsp3) is 0.407. The van der Waals surface area contributed by atoms with Gasteiger partial charge in [0, 0.05) is 36.7 Å². The van der Waals surface area contributed by atoms with E-state index in [1.807, 2.05) is 38.1 Å². The lowest BCUT2D eigenvalue weighted by Crippen LogP contribution is -2.66. The van der Waals surface area contributed by atoms with Crippen LogP contribution in [0.2, 0.25) is 0 Å². The fourth-order valence-corrected chi connectivity index (χ4v) is 4.88. The van der Waals surface area contributed by atoms with E-state index in [9.17, 15) is 14.9 Å². The van der Waals surface area contributed by atoms with Crippen molar-refractivity contribution in [3.05, 3.63) is 70.1 Å². The number of rotatable bonds is 8. The Kier molecular flexibility index (Phi) is 6.48. The van der Waals surface area contributed by atoms with Crippen LogP contribution in [0.15, 0.2) is 53.3 Å². The lowest BCUT2D eigenvalue weighted by atomic mass is 9.78. The van der Waals surface area contributed by atoms with Crippen LogP contribution in [0.4, 0.5) is 0 Å². The normalized spacial score (nSPS) is 16.4. The largest absolute Gasteiger partial charge is 0.380 e. The number of nitrogens with one attached hydrogen (secondary N) is 1. The Bertz CT molecular complexity index is 1350. The van der Waals surface area contributed by atoms with Gasteiger partial charge in [-0.25, -0.2) is 4.79 Å². The van der Waals surface area contributed by atoms with Crippen LogP contribution in [0, 0.1) is 16.7 Å². The minimum atomic E-state index is -0.410. The van der Waals surface area contributed by atoms with Crippen LogP contribution in [0.25, 0.3) is 17.1 Å². The van der Waals surface area contributed by atoms with Crippen LogP contribution in [0.3, 0.4) is 0 Å². The number of amides is 1. The molecule has 36 heavy (non-hydrogen) atoms. The van der Waals surface area contributed by atoms with Crippen LogP contribution < -0.4 is 11.0 Å². The smallest absolute Gasteiger partial charge is 0.351 e. The third kappa shape index (κ3) is 4.83. The first kappa shape index (κ1) is 24.0. The number of hydrogen-bond donors (Lipinski definition) is 1. The van der Waals surface area contributed by atoms with Gasteiger partial charge in [-0.15, -0.1) is 5.10 Å². The third-order valence-electron chi connectivity index (χ3n) is 6.70. The molecule has 186 valence electrons. The van der Waals surface area contributed by atoms with Gasteiger partial charge in [-0.3, -0.25) is 9.36 Å². The fourth-order valence-electron chi connectivity index (χ4n) is 4.88. The van der Waals surface area contributed by atoms with Gasteiger partial charge in [-0.05, 0) is 50.1 Å². The van der Waals surface area contributed by atoms with Crippen molar-refractivity contribution in [1.82, 2.24) is 24.6 Å². The number of nitriles is 1. The number of aromatic nitrogens is 3. The van der Waals surface area contributed by atoms with E-state index in [1.54, 1.807) is 24.3 Å². The second-order valence-electron chi connectivity index (χ2n) is 10.1. The lowest BCUT2D eigenvalue weighted by Gasteiger charge is -2.55. The van der Waals surface area contributed by atoms with E-state index in [2.05, 4.69) is 21.4 Å². The summed E-state index contributed by atoms with van der Waals surface area (Å²) in [6.45, 7) is 8.57. The van der Waals surface area contributed by atoms with Crippen molar-refractivity contribution in [1.29, 1.82) is 5.26 Å². The van der Waals surface area contributed by atoms with Gasteiger partial charge in [0.15, 0.2) is 5.82 Å². The molecule has 9 heteroatoms. The second-order valence-corrected chi connectivity index (χ2v) is 10.1. The Morgan fingerprint density at radius 2 is 1.94 bits per heavy atom. The van der Waals surface area contributed by atoms with Gasteiger partial charge >= 0.3 is 5.69 Å². The van der Waals surface area contributed by atoms with Crippen molar-refractivity contribution >= 4 is 5.91 Å². The van der Waals surface area contributed by atoms with Gasteiger partial charge in [-0.2, -0.15) is 9.94 Å². The van der Waals surface area contributed by atoms with Gasteiger partial charge in [0.05, 0.1) is 30.5 Å². The molecule has 0 radical (unpaired) electrons. The molecule has 9 nitrogen and oxygen atoms in total. The molecule has 3 heterocycles. The van der Waals surface area contributed by atoms with Crippen molar-refractivity contribution in [2.24, 2.45) is 5.41 Å². The highest BCUT2D eigenvalue weighted by molar-refractivity contribution is 5.76. The van der Waals surface area contributed by atoms with E-state index in [-0.39, 0.29) is 18.5 Å². The van der Waals surface area contributed by atoms with Gasteiger partial charge in [-0.1, -0.05) is 24.3 Å². The van der Waals surface area contributed by atoms with E-state index >= 15 is 0 Å². The first-order valence-corrected chi connectivity index (χ1v) is 12.2. The summed E-state index contributed by atoms with van der Waals surface area (Å²) in [5.41, 5.74) is 2.88. The molecule has 2 aliphatic heterocycles. The van der Waals surface area contributed by atoms with Crippen LogP contribution in [-0.2, 0) is 22.5 Å². The Morgan fingerprint density at radius 1 is 1.19 bits per heavy atom. The van der Waals surface area contributed by atoms with E-state index in [1.165, 1.54) is 14.8 Å². The average Bonchev–Trinajstić information content (AvgIpc) is 3.13. The van der Waals surface area contributed by atoms with Gasteiger partial charge in [0.25, 0.3) is 0 Å². The maximum absolute atomic E-state index is 13.4. The number of likely N-dealkylation sites (tertiary alicyclic amines) is 1. The van der Waals surface area contributed by atoms with E-state index in [0.29, 0.717) is 28.1 Å². The molecular formula is C27H30N6O3. The molecule has 1 amide bonds. The zero-order valence-electron chi connectivity index (χ0n) is 20.6. The monoisotopic (exact) mass is 486 g/mol. The Balaban J connectivity index is 1.37. The standard InChI is InChI=1S/C27H30N6O3/c1-19(2)29-24(34)14-32-25(22-5-3-4-21(12-22)13-28)30-33(26(32)35)23-8-6-20(7-9-23)10-11-31-15-27(16-31)17-36-18-27/h3-9,12,19H,10-11,14-18H2,1-2H3,(H,29,34). The summed E-state index contributed by atoms with van der Waals surface area (Å²) in [5, 5.41) is 16.7. The summed E-state index contributed by atoms with van der Waals surface area (Å²) < 4.78 is 8.01. The molecule has 5 rings (SSSR count). The molecule has 2 fully saturated rings. The topological polar surface area (TPSA) is 105 Å². The summed E-state index contributed by atoms with van der Waals surface area (Å²) in [7, 11) is 0.